The molecule has 5 heteroatoms. The summed E-state index contributed by atoms with van der Waals surface area (Å²) in [7, 11) is 0. The van der Waals surface area contributed by atoms with E-state index in [1.165, 1.54) is 38.2 Å². The Balaban J connectivity index is 1.61. The highest BCUT2D eigenvalue weighted by Crippen LogP contribution is 2.42. The Morgan fingerprint density at radius 3 is 2.31 bits per heavy atom. The third kappa shape index (κ3) is 4.80. The SMILES string of the molecule is CCC1CCC(C2CC=C(c3ccc(OC(F)(F)F)c(F)c3)CC2)CC1. The van der Waals surface area contributed by atoms with Gasteiger partial charge in [0.2, 0.25) is 0 Å². The highest BCUT2D eigenvalue weighted by Gasteiger charge is 2.32. The number of halogens is 4. The van der Waals surface area contributed by atoms with Crippen LogP contribution in [0.2, 0.25) is 0 Å². The molecule has 1 atom stereocenters. The third-order valence-corrected chi connectivity index (χ3v) is 6.12. The Kier molecular flexibility index (Phi) is 5.93. The zero-order valence-corrected chi connectivity index (χ0v) is 15.1. The van der Waals surface area contributed by atoms with E-state index in [9.17, 15) is 17.6 Å². The van der Waals surface area contributed by atoms with Gasteiger partial charge in [-0.3, -0.25) is 0 Å². The Morgan fingerprint density at radius 2 is 1.77 bits per heavy atom. The molecule has 0 saturated heterocycles. The topological polar surface area (TPSA) is 9.23 Å². The number of benzene rings is 1. The van der Waals surface area contributed by atoms with Crippen LogP contribution in [0.5, 0.6) is 5.75 Å². The van der Waals surface area contributed by atoms with Gasteiger partial charge in [0.1, 0.15) is 0 Å². The van der Waals surface area contributed by atoms with Crippen LogP contribution in [-0.2, 0) is 0 Å². The quantitative estimate of drug-likeness (QED) is 0.513. The average molecular weight is 370 g/mol. The fraction of sp³-hybridized carbons (Fsp3) is 0.619. The van der Waals surface area contributed by atoms with Crippen LogP contribution >= 0.6 is 0 Å². The molecule has 2 aliphatic rings. The Labute approximate surface area is 152 Å². The first-order chi connectivity index (χ1) is 12.4. The summed E-state index contributed by atoms with van der Waals surface area (Å²) in [6.45, 7) is 2.27. The van der Waals surface area contributed by atoms with Gasteiger partial charge in [-0.15, -0.1) is 13.2 Å². The number of rotatable bonds is 4. The van der Waals surface area contributed by atoms with Crippen molar-refractivity contribution >= 4 is 5.57 Å². The molecule has 0 aromatic heterocycles. The van der Waals surface area contributed by atoms with Crippen molar-refractivity contribution in [3.8, 4) is 5.75 Å². The van der Waals surface area contributed by atoms with E-state index in [2.05, 4.69) is 17.7 Å². The lowest BCUT2D eigenvalue weighted by molar-refractivity contribution is -0.275. The molecule has 0 amide bonds. The molecule has 0 bridgehead atoms. The lowest BCUT2D eigenvalue weighted by Gasteiger charge is -2.35. The van der Waals surface area contributed by atoms with Gasteiger partial charge in [0, 0.05) is 0 Å². The predicted octanol–water partition coefficient (Wildman–Crippen LogP) is 7.12. The Bertz CT molecular complexity index is 642. The molecular formula is C21H26F4O. The van der Waals surface area contributed by atoms with Crippen LogP contribution in [0.3, 0.4) is 0 Å². The van der Waals surface area contributed by atoms with E-state index < -0.39 is 17.9 Å². The molecule has 1 aromatic carbocycles. The summed E-state index contributed by atoms with van der Waals surface area (Å²) in [5.74, 6) is 0.620. The van der Waals surface area contributed by atoms with E-state index in [-0.39, 0.29) is 0 Å². The molecule has 1 aromatic rings. The smallest absolute Gasteiger partial charge is 0.403 e. The molecule has 26 heavy (non-hydrogen) atoms. The third-order valence-electron chi connectivity index (χ3n) is 6.12. The van der Waals surface area contributed by atoms with Crippen LogP contribution < -0.4 is 4.74 Å². The van der Waals surface area contributed by atoms with Crippen molar-refractivity contribution in [2.24, 2.45) is 17.8 Å². The number of alkyl halides is 3. The van der Waals surface area contributed by atoms with Crippen molar-refractivity contribution in [3.63, 3.8) is 0 Å². The first-order valence-corrected chi connectivity index (χ1v) is 9.60. The van der Waals surface area contributed by atoms with Gasteiger partial charge in [0.15, 0.2) is 11.6 Å². The van der Waals surface area contributed by atoms with Gasteiger partial charge in [-0.1, -0.05) is 38.3 Å². The Hall–Kier alpha value is -1.52. The summed E-state index contributed by atoms with van der Waals surface area (Å²) in [4.78, 5) is 0. The van der Waals surface area contributed by atoms with E-state index >= 15 is 0 Å². The molecule has 0 spiro atoms. The number of allylic oxidation sites excluding steroid dienone is 2. The molecule has 1 fully saturated rings. The predicted molar refractivity (Wildman–Crippen MR) is 94.1 cm³/mol. The van der Waals surface area contributed by atoms with Gasteiger partial charge >= 0.3 is 6.36 Å². The zero-order chi connectivity index (χ0) is 18.7. The molecule has 3 rings (SSSR count). The molecule has 1 unspecified atom stereocenters. The van der Waals surface area contributed by atoms with E-state index in [1.807, 2.05) is 0 Å². The highest BCUT2D eigenvalue weighted by molar-refractivity contribution is 5.67. The van der Waals surface area contributed by atoms with Gasteiger partial charge < -0.3 is 4.74 Å². The van der Waals surface area contributed by atoms with Gasteiger partial charge in [0.05, 0.1) is 0 Å². The summed E-state index contributed by atoms with van der Waals surface area (Å²) >= 11 is 0. The first kappa shape index (κ1) is 19.2. The van der Waals surface area contributed by atoms with Crippen LogP contribution in [0.15, 0.2) is 24.3 Å². The summed E-state index contributed by atoms with van der Waals surface area (Å²) in [6, 6.07) is 3.74. The normalized spacial score (nSPS) is 27.1. The van der Waals surface area contributed by atoms with Crippen LogP contribution in [0.4, 0.5) is 17.6 Å². The summed E-state index contributed by atoms with van der Waals surface area (Å²) in [5.41, 5.74) is 1.69. The minimum Gasteiger partial charge on any atom is -0.403 e. The lowest BCUT2D eigenvalue weighted by Crippen LogP contribution is -2.23. The molecule has 0 N–H and O–H groups in total. The van der Waals surface area contributed by atoms with E-state index in [0.717, 1.165) is 48.8 Å². The maximum Gasteiger partial charge on any atom is 0.573 e. The Morgan fingerprint density at radius 1 is 1.04 bits per heavy atom. The monoisotopic (exact) mass is 370 g/mol. The highest BCUT2D eigenvalue weighted by atomic mass is 19.4. The van der Waals surface area contributed by atoms with Gasteiger partial charge in [-0.2, -0.15) is 0 Å². The maximum absolute atomic E-state index is 13.9. The van der Waals surface area contributed by atoms with Crippen LogP contribution in [0, 0.1) is 23.6 Å². The van der Waals surface area contributed by atoms with E-state index in [0.29, 0.717) is 11.5 Å². The number of hydrogen-bond donors (Lipinski definition) is 0. The summed E-state index contributed by atoms with van der Waals surface area (Å²) in [6.07, 6.45) is 6.76. The number of ether oxygens (including phenoxy) is 1. The van der Waals surface area contributed by atoms with E-state index in [1.54, 1.807) is 0 Å². The zero-order valence-electron chi connectivity index (χ0n) is 15.1. The average Bonchev–Trinajstić information content (AvgIpc) is 2.63. The van der Waals surface area contributed by atoms with Crippen molar-refractivity contribution in [2.45, 2.75) is 64.7 Å². The van der Waals surface area contributed by atoms with Crippen molar-refractivity contribution in [2.75, 3.05) is 0 Å². The molecular weight excluding hydrogens is 344 g/mol. The molecule has 1 nitrogen and oxygen atoms in total. The summed E-state index contributed by atoms with van der Waals surface area (Å²) in [5, 5.41) is 0. The van der Waals surface area contributed by atoms with Crippen LogP contribution in [-0.4, -0.2) is 6.36 Å². The van der Waals surface area contributed by atoms with E-state index in [4.69, 9.17) is 0 Å². The minimum absolute atomic E-state index is 0.658. The second-order valence-electron chi connectivity index (χ2n) is 7.65. The fourth-order valence-electron chi connectivity index (χ4n) is 4.52. The number of hydrogen-bond acceptors (Lipinski definition) is 1. The first-order valence-electron chi connectivity index (χ1n) is 9.60. The summed E-state index contributed by atoms with van der Waals surface area (Å²) < 4.78 is 54.3. The van der Waals surface area contributed by atoms with Crippen molar-refractivity contribution in [1.82, 2.24) is 0 Å². The van der Waals surface area contributed by atoms with Crippen molar-refractivity contribution in [1.29, 1.82) is 0 Å². The maximum atomic E-state index is 13.9. The van der Waals surface area contributed by atoms with Gasteiger partial charge in [-0.25, -0.2) is 4.39 Å². The van der Waals surface area contributed by atoms with Crippen molar-refractivity contribution < 1.29 is 22.3 Å². The van der Waals surface area contributed by atoms with Crippen molar-refractivity contribution in [3.05, 3.63) is 35.7 Å². The fourth-order valence-corrected chi connectivity index (χ4v) is 4.52. The second kappa shape index (κ2) is 8.01. The molecule has 0 radical (unpaired) electrons. The van der Waals surface area contributed by atoms with Crippen LogP contribution in [0.1, 0.15) is 63.9 Å². The largest absolute Gasteiger partial charge is 0.573 e. The lowest BCUT2D eigenvalue weighted by atomic mass is 9.70. The molecule has 144 valence electrons. The van der Waals surface area contributed by atoms with Gasteiger partial charge in [0.25, 0.3) is 0 Å². The molecule has 1 saturated carbocycles. The second-order valence-corrected chi connectivity index (χ2v) is 7.65. The standard InChI is InChI=1S/C21H26F4O/c1-2-14-3-5-15(6-4-14)16-7-9-17(10-8-16)18-11-12-20(19(22)13-18)26-21(23,24)25/h9,11-16H,2-8,10H2,1H3. The molecule has 2 aliphatic carbocycles. The van der Waals surface area contributed by atoms with Crippen LogP contribution in [0.25, 0.3) is 5.57 Å². The molecule has 0 heterocycles. The molecule has 0 aliphatic heterocycles. The van der Waals surface area contributed by atoms with Gasteiger partial charge in [-0.05, 0) is 73.1 Å². The minimum atomic E-state index is -4.88.